The van der Waals surface area contributed by atoms with Gasteiger partial charge in [-0.05, 0) is 18.4 Å². The summed E-state index contributed by atoms with van der Waals surface area (Å²) in [6, 6.07) is 9.12. The predicted molar refractivity (Wildman–Crippen MR) is 97.4 cm³/mol. The minimum absolute atomic E-state index is 0.104. The number of anilines is 1. The highest BCUT2D eigenvalue weighted by molar-refractivity contribution is 7.99. The minimum Gasteiger partial charge on any atom is -0.383 e. The van der Waals surface area contributed by atoms with E-state index in [1.54, 1.807) is 12.1 Å². The fraction of sp³-hybridized carbons (Fsp3) is 0.353. The molecule has 0 bridgehead atoms. The van der Waals surface area contributed by atoms with E-state index in [0.717, 1.165) is 31.2 Å². The Hall–Kier alpha value is -2.32. The third-order valence-corrected chi connectivity index (χ3v) is 4.75. The van der Waals surface area contributed by atoms with E-state index in [1.807, 2.05) is 18.2 Å². The average molecular weight is 360 g/mol. The van der Waals surface area contributed by atoms with E-state index in [-0.39, 0.29) is 29.1 Å². The Morgan fingerprint density at radius 3 is 2.88 bits per heavy atom. The van der Waals surface area contributed by atoms with Gasteiger partial charge in [-0.15, -0.1) is 0 Å². The molecule has 0 spiro atoms. The third kappa shape index (κ3) is 4.61. The van der Waals surface area contributed by atoms with Crippen molar-refractivity contribution < 1.29 is 9.53 Å². The van der Waals surface area contributed by atoms with Crippen molar-refractivity contribution in [2.45, 2.75) is 24.1 Å². The average Bonchev–Trinajstić information content (AvgIpc) is 3.12. The van der Waals surface area contributed by atoms with Gasteiger partial charge in [-0.1, -0.05) is 42.1 Å². The molecule has 132 valence electrons. The number of benzene rings is 1. The summed E-state index contributed by atoms with van der Waals surface area (Å²) in [7, 11) is 0. The lowest BCUT2D eigenvalue weighted by Crippen LogP contribution is -2.33. The molecule has 7 nitrogen and oxygen atoms in total. The third-order valence-electron chi connectivity index (χ3n) is 3.88. The van der Waals surface area contributed by atoms with Crippen LogP contribution < -0.4 is 16.6 Å². The van der Waals surface area contributed by atoms with Crippen LogP contribution in [0.1, 0.15) is 12.8 Å². The van der Waals surface area contributed by atoms with Gasteiger partial charge in [0.1, 0.15) is 5.82 Å². The molecule has 1 aliphatic heterocycles. The first-order valence-electron chi connectivity index (χ1n) is 8.10. The van der Waals surface area contributed by atoms with Crippen molar-refractivity contribution in [1.82, 2.24) is 15.3 Å². The summed E-state index contributed by atoms with van der Waals surface area (Å²) in [6.07, 6.45) is 2.11. The lowest BCUT2D eigenvalue weighted by molar-refractivity contribution is -0.119. The Labute approximate surface area is 149 Å². The molecule has 4 N–H and O–H groups in total. The molecule has 1 fully saturated rings. The lowest BCUT2D eigenvalue weighted by Gasteiger charge is -2.10. The molecular formula is C17H20N4O3S. The largest absolute Gasteiger partial charge is 0.383 e. The van der Waals surface area contributed by atoms with Crippen LogP contribution in [0, 0.1) is 0 Å². The van der Waals surface area contributed by atoms with Crippen molar-refractivity contribution in [1.29, 1.82) is 0 Å². The fourth-order valence-corrected chi connectivity index (χ4v) is 3.34. The summed E-state index contributed by atoms with van der Waals surface area (Å²) >= 11 is 1.14. The van der Waals surface area contributed by atoms with Crippen molar-refractivity contribution in [3.63, 3.8) is 0 Å². The number of ether oxygens (including phenoxy) is 1. The number of carbonyl (C=O) groups is 1. The zero-order valence-electron chi connectivity index (χ0n) is 13.7. The van der Waals surface area contributed by atoms with Gasteiger partial charge in [0.05, 0.1) is 17.4 Å². The van der Waals surface area contributed by atoms with Crippen molar-refractivity contribution in [2.24, 2.45) is 0 Å². The molecule has 1 atom stereocenters. The first kappa shape index (κ1) is 17.5. The molecular weight excluding hydrogens is 340 g/mol. The Balaban J connectivity index is 1.60. The molecule has 25 heavy (non-hydrogen) atoms. The summed E-state index contributed by atoms with van der Waals surface area (Å²) in [4.78, 5) is 31.1. The number of hydrogen-bond acceptors (Lipinski definition) is 6. The number of aromatic nitrogens is 2. The van der Waals surface area contributed by atoms with E-state index >= 15 is 0 Å². The molecule has 1 saturated heterocycles. The fourth-order valence-electron chi connectivity index (χ4n) is 2.64. The highest BCUT2D eigenvalue weighted by atomic mass is 32.2. The first-order chi connectivity index (χ1) is 12.1. The van der Waals surface area contributed by atoms with Crippen molar-refractivity contribution in [2.75, 3.05) is 24.6 Å². The molecule has 1 aromatic heterocycles. The molecule has 1 aromatic carbocycles. The second-order valence-electron chi connectivity index (χ2n) is 5.73. The second kappa shape index (κ2) is 8.17. The maximum absolute atomic E-state index is 12.3. The molecule has 1 aliphatic rings. The topological polar surface area (TPSA) is 110 Å². The molecule has 1 amide bonds. The maximum Gasteiger partial charge on any atom is 0.261 e. The standard InChI is InChI=1S/C17H20N4O3S/c18-15-14(11-5-2-1-3-6-11)16(23)21-17(20-15)25-10-13(22)19-9-12-7-4-8-24-12/h1-3,5-6,12H,4,7-10H2,(H,19,22)(H3,18,20,21,23)/t12-/m1/s1. The monoisotopic (exact) mass is 360 g/mol. The molecule has 0 unspecified atom stereocenters. The number of nitrogens with one attached hydrogen (secondary N) is 2. The van der Waals surface area contributed by atoms with Crippen LogP contribution in [-0.4, -0.2) is 40.9 Å². The second-order valence-corrected chi connectivity index (χ2v) is 6.69. The number of thioether (sulfide) groups is 1. The quantitative estimate of drug-likeness (QED) is 0.531. The summed E-state index contributed by atoms with van der Waals surface area (Å²) in [6.45, 7) is 1.27. The van der Waals surface area contributed by atoms with Gasteiger partial charge in [0.25, 0.3) is 5.56 Å². The van der Waals surface area contributed by atoms with Crippen LogP contribution in [-0.2, 0) is 9.53 Å². The normalized spacial score (nSPS) is 16.7. The van der Waals surface area contributed by atoms with Crippen LogP contribution in [0.15, 0.2) is 40.3 Å². The van der Waals surface area contributed by atoms with E-state index in [2.05, 4.69) is 15.3 Å². The Morgan fingerprint density at radius 2 is 2.20 bits per heavy atom. The van der Waals surface area contributed by atoms with Crippen LogP contribution in [0.3, 0.4) is 0 Å². The zero-order chi connectivity index (χ0) is 17.6. The molecule has 8 heteroatoms. The summed E-state index contributed by atoms with van der Waals surface area (Å²) in [5.74, 6) is 0.172. The van der Waals surface area contributed by atoms with Crippen LogP contribution in [0.5, 0.6) is 0 Å². The van der Waals surface area contributed by atoms with Gasteiger partial charge in [0.15, 0.2) is 5.16 Å². The first-order valence-corrected chi connectivity index (χ1v) is 9.08. The van der Waals surface area contributed by atoms with Crippen molar-refractivity contribution in [3.05, 3.63) is 40.7 Å². The maximum atomic E-state index is 12.3. The molecule has 2 aromatic rings. The summed E-state index contributed by atoms with van der Waals surface area (Å²) < 4.78 is 5.45. The van der Waals surface area contributed by atoms with E-state index in [0.29, 0.717) is 22.8 Å². The Morgan fingerprint density at radius 1 is 1.40 bits per heavy atom. The number of aromatic amines is 1. The number of nitrogen functional groups attached to an aromatic ring is 1. The van der Waals surface area contributed by atoms with E-state index in [9.17, 15) is 9.59 Å². The van der Waals surface area contributed by atoms with Gasteiger partial charge < -0.3 is 20.8 Å². The smallest absolute Gasteiger partial charge is 0.261 e. The van der Waals surface area contributed by atoms with Gasteiger partial charge in [0.2, 0.25) is 5.91 Å². The van der Waals surface area contributed by atoms with Gasteiger partial charge in [-0.25, -0.2) is 4.98 Å². The van der Waals surface area contributed by atoms with Crippen molar-refractivity contribution in [3.8, 4) is 11.1 Å². The van der Waals surface area contributed by atoms with Crippen molar-refractivity contribution >= 4 is 23.5 Å². The van der Waals surface area contributed by atoms with Gasteiger partial charge in [-0.3, -0.25) is 9.59 Å². The minimum atomic E-state index is -0.319. The molecule has 0 aliphatic carbocycles. The summed E-state index contributed by atoms with van der Waals surface area (Å²) in [5.41, 5.74) is 6.67. The number of nitrogens with two attached hydrogens (primary N) is 1. The number of hydrogen-bond donors (Lipinski definition) is 3. The van der Waals surface area contributed by atoms with Gasteiger partial charge >= 0.3 is 0 Å². The highest BCUT2D eigenvalue weighted by Crippen LogP contribution is 2.22. The van der Waals surface area contributed by atoms with Crippen LogP contribution in [0.2, 0.25) is 0 Å². The Kier molecular flexibility index (Phi) is 5.72. The predicted octanol–water partition coefficient (Wildman–Crippen LogP) is 1.41. The van der Waals surface area contributed by atoms with Gasteiger partial charge in [-0.2, -0.15) is 0 Å². The molecule has 0 saturated carbocycles. The van der Waals surface area contributed by atoms with E-state index in [4.69, 9.17) is 10.5 Å². The number of nitrogens with zero attached hydrogens (tertiary/aromatic N) is 1. The highest BCUT2D eigenvalue weighted by Gasteiger charge is 2.17. The SMILES string of the molecule is Nc1nc(SCC(=O)NC[C@H]2CCCO2)[nH]c(=O)c1-c1ccccc1. The number of rotatable bonds is 6. The zero-order valence-corrected chi connectivity index (χ0v) is 14.5. The van der Waals surface area contributed by atoms with Crippen LogP contribution >= 0.6 is 11.8 Å². The molecule has 2 heterocycles. The summed E-state index contributed by atoms with van der Waals surface area (Å²) in [5, 5.41) is 3.15. The number of H-pyrrole nitrogens is 1. The number of amides is 1. The van der Waals surface area contributed by atoms with E-state index in [1.165, 1.54) is 0 Å². The van der Waals surface area contributed by atoms with Gasteiger partial charge in [0, 0.05) is 13.2 Å². The van der Waals surface area contributed by atoms with Crippen LogP contribution in [0.4, 0.5) is 5.82 Å². The number of carbonyl (C=O) groups excluding carboxylic acids is 1. The Bertz CT molecular complexity index is 788. The lowest BCUT2D eigenvalue weighted by atomic mass is 10.1. The molecule has 0 radical (unpaired) electrons. The van der Waals surface area contributed by atoms with E-state index < -0.39 is 0 Å². The molecule has 3 rings (SSSR count). The van der Waals surface area contributed by atoms with Crippen LogP contribution in [0.25, 0.3) is 11.1 Å².